The van der Waals surface area contributed by atoms with Crippen molar-refractivity contribution in [2.45, 2.75) is 18.4 Å². The van der Waals surface area contributed by atoms with Gasteiger partial charge in [0.15, 0.2) is 11.5 Å². The second kappa shape index (κ2) is 5.32. The fourth-order valence-electron chi connectivity index (χ4n) is 1.17. The number of rotatable bonds is 3. The number of ether oxygens (including phenoxy) is 2. The van der Waals surface area contributed by atoms with Gasteiger partial charge in [-0.1, -0.05) is 0 Å². The Kier molecular flexibility index (Phi) is 4.39. The molecule has 0 radical (unpaired) electrons. The molecule has 0 spiro atoms. The minimum absolute atomic E-state index is 0.303. The summed E-state index contributed by atoms with van der Waals surface area (Å²) in [5, 5.41) is 0. The number of hydrogen-bond acceptors (Lipinski definition) is 3. The van der Waals surface area contributed by atoms with Crippen LogP contribution in [-0.2, 0) is 12.1 Å². The molecule has 0 amide bonds. The molecule has 0 unspecified atom stereocenters. The lowest BCUT2D eigenvalue weighted by Gasteiger charge is -2.17. The molecule has 0 aliphatic rings. The SMILES string of the molecule is COc1cc(C(F)(F)F)nc(CCl)c1OC(F)(F)F. The van der Waals surface area contributed by atoms with Gasteiger partial charge in [-0.05, 0) is 0 Å². The van der Waals surface area contributed by atoms with Crippen LogP contribution in [0.5, 0.6) is 11.5 Å². The molecule has 108 valence electrons. The maximum atomic E-state index is 12.5. The zero-order valence-electron chi connectivity index (χ0n) is 9.19. The molecular weight excluding hydrogens is 304 g/mol. The summed E-state index contributed by atoms with van der Waals surface area (Å²) in [6.07, 6.45) is -9.94. The third-order valence-electron chi connectivity index (χ3n) is 1.86. The van der Waals surface area contributed by atoms with Gasteiger partial charge in [-0.3, -0.25) is 0 Å². The lowest BCUT2D eigenvalue weighted by molar-refractivity contribution is -0.275. The third-order valence-corrected chi connectivity index (χ3v) is 2.12. The van der Waals surface area contributed by atoms with Crippen LogP contribution in [0.1, 0.15) is 11.4 Å². The summed E-state index contributed by atoms with van der Waals surface area (Å²) in [7, 11) is 0.900. The molecule has 1 rings (SSSR count). The maximum Gasteiger partial charge on any atom is 0.573 e. The van der Waals surface area contributed by atoms with Crippen LogP contribution in [0.25, 0.3) is 0 Å². The molecule has 0 fully saturated rings. The molecule has 0 aromatic carbocycles. The third kappa shape index (κ3) is 4.05. The predicted molar refractivity (Wildman–Crippen MR) is 52.0 cm³/mol. The summed E-state index contributed by atoms with van der Waals surface area (Å²) in [4.78, 5) is 2.99. The van der Waals surface area contributed by atoms with E-state index >= 15 is 0 Å². The molecule has 0 aliphatic heterocycles. The van der Waals surface area contributed by atoms with E-state index in [9.17, 15) is 26.3 Å². The first-order valence-corrected chi connectivity index (χ1v) is 5.08. The van der Waals surface area contributed by atoms with Crippen LogP contribution in [0, 0.1) is 0 Å². The Morgan fingerprint density at radius 1 is 1.21 bits per heavy atom. The van der Waals surface area contributed by atoms with Crippen LogP contribution >= 0.6 is 11.6 Å². The average Bonchev–Trinajstić information content (AvgIpc) is 2.25. The summed E-state index contributed by atoms with van der Waals surface area (Å²) in [5.41, 5.74) is -2.14. The minimum Gasteiger partial charge on any atom is -0.493 e. The monoisotopic (exact) mass is 309 g/mol. The van der Waals surface area contributed by atoms with E-state index in [4.69, 9.17) is 11.6 Å². The molecule has 10 heteroatoms. The number of pyridine rings is 1. The number of hydrogen-bond donors (Lipinski definition) is 0. The van der Waals surface area contributed by atoms with E-state index in [1.54, 1.807) is 0 Å². The van der Waals surface area contributed by atoms with Gasteiger partial charge in [-0.2, -0.15) is 13.2 Å². The summed E-state index contributed by atoms with van der Waals surface area (Å²) in [6.45, 7) is 0. The molecule has 1 aromatic heterocycles. The van der Waals surface area contributed by atoms with E-state index in [0.717, 1.165) is 7.11 Å². The van der Waals surface area contributed by atoms with Crippen molar-refractivity contribution < 1.29 is 35.8 Å². The maximum absolute atomic E-state index is 12.5. The van der Waals surface area contributed by atoms with Gasteiger partial charge in [0.2, 0.25) is 0 Å². The van der Waals surface area contributed by atoms with Crippen molar-refractivity contribution in [1.82, 2.24) is 4.98 Å². The fourth-order valence-corrected chi connectivity index (χ4v) is 1.35. The molecule has 0 bridgehead atoms. The standard InChI is InChI=1S/C9H6ClF6NO2/c1-18-5-2-6(8(11,12)13)17-4(3-10)7(5)19-9(14,15)16/h2H,3H2,1H3. The van der Waals surface area contributed by atoms with E-state index in [2.05, 4.69) is 14.5 Å². The smallest absolute Gasteiger partial charge is 0.493 e. The molecule has 0 saturated carbocycles. The van der Waals surface area contributed by atoms with Gasteiger partial charge in [0, 0.05) is 6.07 Å². The number of methoxy groups -OCH3 is 1. The van der Waals surface area contributed by atoms with Crippen molar-refractivity contribution in [3.63, 3.8) is 0 Å². The summed E-state index contributed by atoms with van der Waals surface area (Å²) >= 11 is 5.28. The van der Waals surface area contributed by atoms with Crippen molar-refractivity contribution >= 4 is 11.6 Å². The minimum atomic E-state index is -5.10. The van der Waals surface area contributed by atoms with Gasteiger partial charge in [-0.15, -0.1) is 24.8 Å². The Balaban J connectivity index is 3.38. The summed E-state index contributed by atoms with van der Waals surface area (Å²) < 4.78 is 81.8. The van der Waals surface area contributed by atoms with Gasteiger partial charge in [0.05, 0.1) is 13.0 Å². The quantitative estimate of drug-likeness (QED) is 0.629. The molecule has 0 aliphatic carbocycles. The molecule has 1 heterocycles. The predicted octanol–water partition coefficient (Wildman–Crippen LogP) is 3.75. The van der Waals surface area contributed by atoms with Crippen LogP contribution in [0.15, 0.2) is 6.07 Å². The highest BCUT2D eigenvalue weighted by atomic mass is 35.5. The highest BCUT2D eigenvalue weighted by Crippen LogP contribution is 2.39. The van der Waals surface area contributed by atoms with Gasteiger partial charge >= 0.3 is 12.5 Å². The first kappa shape index (κ1) is 15.7. The van der Waals surface area contributed by atoms with Crippen molar-refractivity contribution in [2.24, 2.45) is 0 Å². The molecule has 19 heavy (non-hydrogen) atoms. The normalized spacial score (nSPS) is 12.4. The molecule has 0 N–H and O–H groups in total. The van der Waals surface area contributed by atoms with E-state index in [1.165, 1.54) is 0 Å². The van der Waals surface area contributed by atoms with Crippen LogP contribution in [-0.4, -0.2) is 18.5 Å². The topological polar surface area (TPSA) is 31.4 Å². The van der Waals surface area contributed by atoms with Crippen molar-refractivity contribution in [3.8, 4) is 11.5 Å². The molecule has 1 aromatic rings. The van der Waals surface area contributed by atoms with E-state index in [-0.39, 0.29) is 0 Å². The summed E-state index contributed by atoms with van der Waals surface area (Å²) in [6, 6.07) is 0.303. The molecule has 0 saturated heterocycles. The summed E-state index contributed by atoms with van der Waals surface area (Å²) in [5.74, 6) is -2.44. The van der Waals surface area contributed by atoms with Crippen LogP contribution in [0.4, 0.5) is 26.3 Å². The van der Waals surface area contributed by atoms with Gasteiger partial charge in [0.25, 0.3) is 0 Å². The lowest BCUT2D eigenvalue weighted by atomic mass is 10.2. The van der Waals surface area contributed by atoms with E-state index < -0.39 is 41.3 Å². The Bertz CT molecular complexity index is 434. The van der Waals surface area contributed by atoms with Gasteiger partial charge in [0.1, 0.15) is 11.4 Å². The first-order chi connectivity index (χ1) is 8.58. The number of aromatic nitrogens is 1. The molecular formula is C9H6ClF6NO2. The Morgan fingerprint density at radius 3 is 2.16 bits per heavy atom. The van der Waals surface area contributed by atoms with E-state index in [1.807, 2.05) is 0 Å². The highest BCUT2D eigenvalue weighted by molar-refractivity contribution is 6.17. The number of halogens is 7. The second-order valence-corrected chi connectivity index (χ2v) is 3.43. The zero-order chi connectivity index (χ0) is 14.8. The number of nitrogens with zero attached hydrogens (tertiary/aromatic N) is 1. The van der Waals surface area contributed by atoms with Gasteiger partial charge < -0.3 is 9.47 Å². The molecule has 0 atom stereocenters. The lowest BCUT2D eigenvalue weighted by Crippen LogP contribution is -2.20. The van der Waals surface area contributed by atoms with Crippen molar-refractivity contribution in [2.75, 3.05) is 7.11 Å². The van der Waals surface area contributed by atoms with Crippen LogP contribution in [0.2, 0.25) is 0 Å². The largest absolute Gasteiger partial charge is 0.573 e. The fraction of sp³-hybridized carbons (Fsp3) is 0.444. The Hall–Kier alpha value is -1.38. The average molecular weight is 310 g/mol. The van der Waals surface area contributed by atoms with Crippen molar-refractivity contribution in [1.29, 1.82) is 0 Å². The zero-order valence-corrected chi connectivity index (χ0v) is 9.95. The number of alkyl halides is 7. The van der Waals surface area contributed by atoms with Crippen LogP contribution < -0.4 is 9.47 Å². The Labute approximate surface area is 108 Å². The second-order valence-electron chi connectivity index (χ2n) is 3.16. The molecule has 3 nitrogen and oxygen atoms in total. The van der Waals surface area contributed by atoms with E-state index in [0.29, 0.717) is 6.07 Å². The first-order valence-electron chi connectivity index (χ1n) is 4.55. The van der Waals surface area contributed by atoms with Crippen molar-refractivity contribution in [3.05, 3.63) is 17.5 Å². The Morgan fingerprint density at radius 2 is 1.79 bits per heavy atom. The van der Waals surface area contributed by atoms with Gasteiger partial charge in [-0.25, -0.2) is 4.98 Å². The highest BCUT2D eigenvalue weighted by Gasteiger charge is 2.38. The van der Waals surface area contributed by atoms with Crippen LogP contribution in [0.3, 0.4) is 0 Å².